The fourth-order valence-corrected chi connectivity index (χ4v) is 2.51. The smallest absolute Gasteiger partial charge is 0.287 e. The second-order valence-electron chi connectivity index (χ2n) is 4.86. The number of fused-ring (bicyclic) bond motifs is 1. The van der Waals surface area contributed by atoms with Gasteiger partial charge in [-0.05, 0) is 30.7 Å². The van der Waals surface area contributed by atoms with Gasteiger partial charge < -0.3 is 9.73 Å². The minimum absolute atomic E-state index is 0.219. The van der Waals surface area contributed by atoms with Crippen LogP contribution in [0, 0.1) is 6.92 Å². The number of furan rings is 1. The Bertz CT molecular complexity index is 807. The van der Waals surface area contributed by atoms with Gasteiger partial charge in [-0.15, -0.1) is 0 Å². The zero-order valence-corrected chi connectivity index (χ0v) is 12.3. The summed E-state index contributed by atoms with van der Waals surface area (Å²) in [6.07, 6.45) is 0. The molecule has 1 heterocycles. The van der Waals surface area contributed by atoms with Gasteiger partial charge in [0.25, 0.3) is 5.91 Å². The van der Waals surface area contributed by atoms with Gasteiger partial charge in [-0.25, -0.2) is 0 Å². The summed E-state index contributed by atoms with van der Waals surface area (Å²) in [5, 5.41) is 4.47. The van der Waals surface area contributed by atoms with Gasteiger partial charge in [0.1, 0.15) is 5.58 Å². The lowest BCUT2D eigenvalue weighted by Gasteiger charge is -2.04. The van der Waals surface area contributed by atoms with Gasteiger partial charge in [0.15, 0.2) is 5.76 Å². The first kappa shape index (κ1) is 13.7. The van der Waals surface area contributed by atoms with Crippen molar-refractivity contribution < 1.29 is 9.21 Å². The zero-order valence-electron chi connectivity index (χ0n) is 11.5. The summed E-state index contributed by atoms with van der Waals surface area (Å²) in [5.41, 5.74) is 2.53. The monoisotopic (exact) mass is 299 g/mol. The molecule has 1 aromatic heterocycles. The molecule has 0 aliphatic heterocycles. The number of benzene rings is 2. The van der Waals surface area contributed by atoms with Crippen LogP contribution < -0.4 is 5.32 Å². The van der Waals surface area contributed by atoms with Gasteiger partial charge in [0, 0.05) is 22.5 Å². The second-order valence-corrected chi connectivity index (χ2v) is 5.30. The van der Waals surface area contributed by atoms with Gasteiger partial charge in [-0.2, -0.15) is 0 Å². The number of para-hydroxylation sites is 1. The summed E-state index contributed by atoms with van der Waals surface area (Å²) >= 11 is 5.92. The molecule has 4 heteroatoms. The molecule has 0 saturated carbocycles. The fourth-order valence-electron chi connectivity index (χ4n) is 2.30. The van der Waals surface area contributed by atoms with Crippen molar-refractivity contribution in [2.45, 2.75) is 13.5 Å². The van der Waals surface area contributed by atoms with Crippen molar-refractivity contribution >= 4 is 28.5 Å². The van der Waals surface area contributed by atoms with E-state index in [2.05, 4.69) is 5.32 Å². The SMILES string of the molecule is Cc1c(C(=O)NCc2cccc(Cl)c2)oc2ccccc12. The molecule has 0 bridgehead atoms. The molecule has 3 nitrogen and oxygen atoms in total. The Kier molecular flexibility index (Phi) is 3.67. The van der Waals surface area contributed by atoms with Gasteiger partial charge in [-0.1, -0.05) is 41.9 Å². The molecular formula is C17H14ClNO2. The zero-order chi connectivity index (χ0) is 14.8. The van der Waals surface area contributed by atoms with E-state index >= 15 is 0 Å². The molecule has 0 atom stereocenters. The van der Waals surface area contributed by atoms with E-state index in [1.807, 2.05) is 49.4 Å². The van der Waals surface area contributed by atoms with Gasteiger partial charge in [0.05, 0.1) is 0 Å². The molecule has 3 rings (SSSR count). The molecule has 1 amide bonds. The van der Waals surface area contributed by atoms with Gasteiger partial charge in [0.2, 0.25) is 0 Å². The normalized spacial score (nSPS) is 10.8. The predicted octanol–water partition coefficient (Wildman–Crippen LogP) is 4.32. The van der Waals surface area contributed by atoms with E-state index in [4.69, 9.17) is 16.0 Å². The molecule has 21 heavy (non-hydrogen) atoms. The average Bonchev–Trinajstić information content (AvgIpc) is 2.83. The number of halogens is 1. The fraction of sp³-hybridized carbons (Fsp3) is 0.118. The van der Waals surface area contributed by atoms with Gasteiger partial charge in [-0.3, -0.25) is 4.79 Å². The minimum Gasteiger partial charge on any atom is -0.451 e. The summed E-state index contributed by atoms with van der Waals surface area (Å²) in [7, 11) is 0. The van der Waals surface area contributed by atoms with Crippen molar-refractivity contribution in [3.05, 3.63) is 70.4 Å². The third-order valence-electron chi connectivity index (χ3n) is 3.39. The molecule has 3 aromatic rings. The number of amides is 1. The Hall–Kier alpha value is -2.26. The molecule has 0 unspecified atom stereocenters. The lowest BCUT2D eigenvalue weighted by molar-refractivity contribution is 0.0924. The van der Waals surface area contributed by atoms with Crippen LogP contribution >= 0.6 is 11.6 Å². The van der Waals surface area contributed by atoms with Crippen LogP contribution in [0.2, 0.25) is 5.02 Å². The first-order valence-corrected chi connectivity index (χ1v) is 7.04. The number of nitrogens with one attached hydrogen (secondary N) is 1. The van der Waals surface area contributed by atoms with Crippen LogP contribution in [-0.4, -0.2) is 5.91 Å². The molecular weight excluding hydrogens is 286 g/mol. The van der Waals surface area contributed by atoms with Crippen molar-refractivity contribution in [3.63, 3.8) is 0 Å². The van der Waals surface area contributed by atoms with Crippen molar-refractivity contribution in [2.24, 2.45) is 0 Å². The summed E-state index contributed by atoms with van der Waals surface area (Å²) in [6, 6.07) is 15.0. The van der Waals surface area contributed by atoms with Crippen LogP contribution in [0.15, 0.2) is 52.9 Å². The van der Waals surface area contributed by atoms with E-state index in [1.54, 1.807) is 6.07 Å². The van der Waals surface area contributed by atoms with Crippen molar-refractivity contribution in [3.8, 4) is 0 Å². The molecule has 1 N–H and O–H groups in total. The Labute approximate surface area is 127 Å². The first-order valence-electron chi connectivity index (χ1n) is 6.66. The largest absolute Gasteiger partial charge is 0.451 e. The third kappa shape index (κ3) is 2.78. The number of carbonyl (C=O) groups excluding carboxylic acids is 1. The van der Waals surface area contributed by atoms with E-state index in [0.717, 1.165) is 22.1 Å². The highest BCUT2D eigenvalue weighted by Gasteiger charge is 2.16. The standard InChI is InChI=1S/C17H14ClNO2/c1-11-14-7-2-3-8-15(14)21-16(11)17(20)19-10-12-5-4-6-13(18)9-12/h2-9H,10H2,1H3,(H,19,20). The van der Waals surface area contributed by atoms with E-state index in [9.17, 15) is 4.79 Å². The minimum atomic E-state index is -0.219. The number of carbonyl (C=O) groups is 1. The lowest BCUT2D eigenvalue weighted by Crippen LogP contribution is -2.22. The van der Waals surface area contributed by atoms with E-state index in [-0.39, 0.29) is 5.91 Å². The second kappa shape index (κ2) is 5.62. The number of aryl methyl sites for hydroxylation is 1. The Morgan fingerprint density at radius 1 is 1.19 bits per heavy atom. The Morgan fingerprint density at radius 3 is 2.76 bits per heavy atom. The summed E-state index contributed by atoms with van der Waals surface area (Å²) < 4.78 is 5.63. The molecule has 2 aromatic carbocycles. The number of hydrogen-bond donors (Lipinski definition) is 1. The molecule has 0 aliphatic rings. The van der Waals surface area contributed by atoms with Crippen molar-refractivity contribution in [1.29, 1.82) is 0 Å². The van der Waals surface area contributed by atoms with Crippen molar-refractivity contribution in [2.75, 3.05) is 0 Å². The maximum Gasteiger partial charge on any atom is 0.287 e. The highest BCUT2D eigenvalue weighted by Crippen LogP contribution is 2.24. The maximum atomic E-state index is 12.3. The predicted molar refractivity (Wildman–Crippen MR) is 83.6 cm³/mol. The Morgan fingerprint density at radius 2 is 2.00 bits per heavy atom. The number of rotatable bonds is 3. The Balaban J connectivity index is 1.79. The highest BCUT2D eigenvalue weighted by molar-refractivity contribution is 6.30. The molecule has 0 spiro atoms. The highest BCUT2D eigenvalue weighted by atomic mass is 35.5. The van der Waals surface area contributed by atoms with Crippen LogP contribution in [0.1, 0.15) is 21.7 Å². The topological polar surface area (TPSA) is 42.2 Å². The molecule has 0 radical (unpaired) electrons. The average molecular weight is 300 g/mol. The molecule has 106 valence electrons. The van der Waals surface area contributed by atoms with Gasteiger partial charge >= 0.3 is 0 Å². The third-order valence-corrected chi connectivity index (χ3v) is 3.63. The lowest BCUT2D eigenvalue weighted by atomic mass is 10.1. The van der Waals surface area contributed by atoms with Crippen LogP contribution in [0.3, 0.4) is 0 Å². The van der Waals surface area contributed by atoms with Crippen LogP contribution in [0.25, 0.3) is 11.0 Å². The van der Waals surface area contributed by atoms with E-state index in [1.165, 1.54) is 0 Å². The quantitative estimate of drug-likeness (QED) is 0.782. The molecule has 0 aliphatic carbocycles. The molecule has 0 fully saturated rings. The summed E-state index contributed by atoms with van der Waals surface area (Å²) in [5.74, 6) is 0.141. The van der Waals surface area contributed by atoms with Crippen LogP contribution in [-0.2, 0) is 6.54 Å². The number of hydrogen-bond acceptors (Lipinski definition) is 2. The first-order chi connectivity index (χ1) is 10.1. The van der Waals surface area contributed by atoms with Crippen LogP contribution in [0.5, 0.6) is 0 Å². The van der Waals surface area contributed by atoms with Crippen LogP contribution in [0.4, 0.5) is 0 Å². The summed E-state index contributed by atoms with van der Waals surface area (Å²) in [4.78, 5) is 12.3. The van der Waals surface area contributed by atoms with E-state index < -0.39 is 0 Å². The maximum absolute atomic E-state index is 12.3. The van der Waals surface area contributed by atoms with E-state index in [0.29, 0.717) is 17.3 Å². The summed E-state index contributed by atoms with van der Waals surface area (Å²) in [6.45, 7) is 2.30. The van der Waals surface area contributed by atoms with Crippen molar-refractivity contribution in [1.82, 2.24) is 5.32 Å². The molecule has 0 saturated heterocycles.